The Morgan fingerprint density at radius 1 is 1.12 bits per heavy atom. The van der Waals surface area contributed by atoms with Gasteiger partial charge in [0.2, 0.25) is 0 Å². The smallest absolute Gasteiger partial charge is 0.251 e. The molecule has 1 atom stereocenters. The number of aromatic nitrogens is 5. The van der Waals surface area contributed by atoms with E-state index in [1.54, 1.807) is 25.4 Å². The second-order valence-electron chi connectivity index (χ2n) is 7.46. The molecule has 0 fully saturated rings. The molecule has 2 N–H and O–H groups in total. The van der Waals surface area contributed by atoms with Crippen molar-refractivity contribution in [1.82, 2.24) is 30.0 Å². The number of ether oxygens (including phenoxy) is 1. The van der Waals surface area contributed by atoms with Crippen LogP contribution >= 0.6 is 0 Å². The monoisotopic (exact) mass is 443 g/mol. The lowest BCUT2D eigenvalue weighted by Gasteiger charge is -2.17. The fourth-order valence-electron chi connectivity index (χ4n) is 3.49. The second-order valence-corrected chi connectivity index (χ2v) is 7.46. The number of carbonyl (C=O) groups excluding carboxylic acids is 1. The molecule has 2 aromatic carbocycles. The van der Waals surface area contributed by atoms with Crippen LogP contribution < -0.4 is 15.4 Å². The summed E-state index contributed by atoms with van der Waals surface area (Å²) in [6.07, 6.45) is 3.15. The van der Waals surface area contributed by atoms with Gasteiger partial charge in [0.15, 0.2) is 11.6 Å². The average Bonchev–Trinajstić information content (AvgIpc) is 3.23. The number of methoxy groups -OCH3 is 1. The van der Waals surface area contributed by atoms with Crippen molar-refractivity contribution >= 4 is 11.6 Å². The molecule has 9 nitrogen and oxygen atoms in total. The van der Waals surface area contributed by atoms with Crippen molar-refractivity contribution in [1.29, 1.82) is 0 Å². The van der Waals surface area contributed by atoms with Crippen molar-refractivity contribution in [3.8, 4) is 17.3 Å². The SMILES string of the molecule is COc1ccccc1[C@H](C)NC(=O)c1cccc(NCc2nnc(-c3ccncn3)n2C)c1. The lowest BCUT2D eigenvalue weighted by molar-refractivity contribution is 0.0939. The molecule has 168 valence electrons. The van der Waals surface area contributed by atoms with Crippen molar-refractivity contribution in [3.63, 3.8) is 0 Å². The summed E-state index contributed by atoms with van der Waals surface area (Å²) < 4.78 is 7.28. The molecule has 1 amide bonds. The van der Waals surface area contributed by atoms with Crippen LogP contribution in [0, 0.1) is 0 Å². The quantitative estimate of drug-likeness (QED) is 0.430. The summed E-state index contributed by atoms with van der Waals surface area (Å²) in [5.74, 6) is 1.98. The van der Waals surface area contributed by atoms with E-state index in [4.69, 9.17) is 4.74 Å². The number of para-hydroxylation sites is 1. The van der Waals surface area contributed by atoms with Crippen LogP contribution in [0.5, 0.6) is 5.75 Å². The number of anilines is 1. The number of benzene rings is 2. The average molecular weight is 444 g/mol. The van der Waals surface area contributed by atoms with Crippen LogP contribution in [-0.4, -0.2) is 37.7 Å². The highest BCUT2D eigenvalue weighted by Crippen LogP contribution is 2.25. The lowest BCUT2D eigenvalue weighted by atomic mass is 10.1. The molecule has 0 unspecified atom stereocenters. The van der Waals surface area contributed by atoms with E-state index in [1.165, 1.54) is 6.33 Å². The zero-order chi connectivity index (χ0) is 23.2. The molecule has 9 heteroatoms. The van der Waals surface area contributed by atoms with Gasteiger partial charge in [0.25, 0.3) is 5.91 Å². The first-order valence-corrected chi connectivity index (χ1v) is 10.5. The Labute approximate surface area is 191 Å². The van der Waals surface area contributed by atoms with Crippen LogP contribution in [0.4, 0.5) is 5.69 Å². The minimum atomic E-state index is -0.205. The van der Waals surface area contributed by atoms with Gasteiger partial charge in [-0.15, -0.1) is 10.2 Å². The van der Waals surface area contributed by atoms with Crippen LogP contribution in [0.25, 0.3) is 11.5 Å². The first-order chi connectivity index (χ1) is 16.1. The Morgan fingerprint density at radius 2 is 1.97 bits per heavy atom. The molecule has 0 spiro atoms. The normalized spacial score (nSPS) is 11.6. The van der Waals surface area contributed by atoms with Crippen LogP contribution in [0.15, 0.2) is 67.1 Å². The minimum Gasteiger partial charge on any atom is -0.496 e. The Morgan fingerprint density at radius 3 is 2.76 bits per heavy atom. The van der Waals surface area contributed by atoms with Gasteiger partial charge in [0.1, 0.15) is 17.8 Å². The molecule has 0 aliphatic carbocycles. The standard InChI is InChI=1S/C24H25N7O2/c1-16(19-9-4-5-10-21(19)33-3)28-24(32)17-7-6-8-18(13-17)26-14-22-29-30-23(31(22)2)20-11-12-25-15-27-20/h4-13,15-16,26H,14H2,1-3H3,(H,28,32)/t16-/m0/s1. The maximum atomic E-state index is 12.9. The van der Waals surface area contributed by atoms with Crippen LogP contribution in [0.3, 0.4) is 0 Å². The highest BCUT2D eigenvalue weighted by Gasteiger charge is 2.16. The Kier molecular flexibility index (Phi) is 6.58. The first-order valence-electron chi connectivity index (χ1n) is 10.5. The molecule has 2 heterocycles. The number of nitrogens with one attached hydrogen (secondary N) is 2. The second kappa shape index (κ2) is 9.90. The van der Waals surface area contributed by atoms with Gasteiger partial charge in [-0.05, 0) is 37.3 Å². The van der Waals surface area contributed by atoms with Gasteiger partial charge < -0.3 is 19.9 Å². The molecule has 2 aromatic heterocycles. The van der Waals surface area contributed by atoms with E-state index in [9.17, 15) is 4.79 Å². The van der Waals surface area contributed by atoms with Crippen molar-refractivity contribution in [3.05, 3.63) is 84.1 Å². The van der Waals surface area contributed by atoms with Gasteiger partial charge in [0, 0.05) is 30.1 Å². The number of nitrogens with zero attached hydrogens (tertiary/aromatic N) is 5. The molecule has 4 aromatic rings. The van der Waals surface area contributed by atoms with Gasteiger partial charge in [0.05, 0.1) is 19.7 Å². The van der Waals surface area contributed by atoms with E-state index in [0.29, 0.717) is 23.6 Å². The van der Waals surface area contributed by atoms with Crippen molar-refractivity contribution < 1.29 is 9.53 Å². The van der Waals surface area contributed by atoms with E-state index in [2.05, 4.69) is 30.8 Å². The molecule has 0 saturated carbocycles. The first kappa shape index (κ1) is 21.9. The molecule has 0 radical (unpaired) electrons. The van der Waals surface area contributed by atoms with Gasteiger partial charge in [-0.3, -0.25) is 4.79 Å². The highest BCUT2D eigenvalue weighted by atomic mass is 16.5. The Balaban J connectivity index is 1.42. The van der Waals surface area contributed by atoms with Crippen LogP contribution in [0.2, 0.25) is 0 Å². The van der Waals surface area contributed by atoms with Crippen molar-refractivity contribution in [2.75, 3.05) is 12.4 Å². The molecule has 0 aliphatic rings. The van der Waals surface area contributed by atoms with Crippen LogP contribution in [-0.2, 0) is 13.6 Å². The van der Waals surface area contributed by atoms with Gasteiger partial charge in [-0.2, -0.15) is 0 Å². The van der Waals surface area contributed by atoms with E-state index in [1.807, 2.05) is 61.0 Å². The summed E-state index contributed by atoms with van der Waals surface area (Å²) in [6.45, 7) is 2.37. The van der Waals surface area contributed by atoms with Gasteiger partial charge in [-0.25, -0.2) is 9.97 Å². The zero-order valence-electron chi connectivity index (χ0n) is 18.7. The molecule has 0 saturated heterocycles. The number of carbonyl (C=O) groups is 1. The Bertz CT molecular complexity index is 1240. The maximum absolute atomic E-state index is 12.9. The zero-order valence-corrected chi connectivity index (χ0v) is 18.7. The number of hydrogen-bond acceptors (Lipinski definition) is 7. The van der Waals surface area contributed by atoms with Crippen molar-refractivity contribution in [2.24, 2.45) is 7.05 Å². The molecule has 0 bridgehead atoms. The third kappa shape index (κ3) is 4.98. The summed E-state index contributed by atoms with van der Waals surface area (Å²) in [6, 6.07) is 16.6. The van der Waals surface area contributed by atoms with E-state index >= 15 is 0 Å². The fraction of sp³-hybridized carbons (Fsp3) is 0.208. The molecule has 0 aliphatic heterocycles. The lowest BCUT2D eigenvalue weighted by Crippen LogP contribution is -2.27. The third-order valence-corrected chi connectivity index (χ3v) is 5.30. The van der Waals surface area contributed by atoms with E-state index < -0.39 is 0 Å². The van der Waals surface area contributed by atoms with Crippen LogP contribution in [0.1, 0.15) is 34.7 Å². The highest BCUT2D eigenvalue weighted by molar-refractivity contribution is 5.95. The molecular formula is C24H25N7O2. The summed E-state index contributed by atoms with van der Waals surface area (Å²) in [7, 11) is 3.51. The van der Waals surface area contributed by atoms with E-state index in [0.717, 1.165) is 22.8 Å². The van der Waals surface area contributed by atoms with Crippen molar-refractivity contribution in [2.45, 2.75) is 19.5 Å². The van der Waals surface area contributed by atoms with Gasteiger partial charge in [-0.1, -0.05) is 24.3 Å². The predicted molar refractivity (Wildman–Crippen MR) is 125 cm³/mol. The Hall–Kier alpha value is -4.27. The van der Waals surface area contributed by atoms with Gasteiger partial charge >= 0.3 is 0 Å². The minimum absolute atomic E-state index is 0.165. The molecular weight excluding hydrogens is 418 g/mol. The summed E-state index contributed by atoms with van der Waals surface area (Å²) in [4.78, 5) is 21.0. The predicted octanol–water partition coefficient (Wildman–Crippen LogP) is 3.38. The largest absolute Gasteiger partial charge is 0.496 e. The van der Waals surface area contributed by atoms with E-state index in [-0.39, 0.29) is 11.9 Å². The summed E-state index contributed by atoms with van der Waals surface area (Å²) in [5, 5.41) is 14.8. The number of rotatable bonds is 8. The molecule has 33 heavy (non-hydrogen) atoms. The summed E-state index contributed by atoms with van der Waals surface area (Å²) in [5.41, 5.74) is 2.99. The third-order valence-electron chi connectivity index (χ3n) is 5.30. The number of amides is 1. The molecule has 4 rings (SSSR count). The fourth-order valence-corrected chi connectivity index (χ4v) is 3.49. The summed E-state index contributed by atoms with van der Waals surface area (Å²) >= 11 is 0. The maximum Gasteiger partial charge on any atom is 0.251 e. The topological polar surface area (TPSA) is 107 Å². The number of hydrogen-bond donors (Lipinski definition) is 2.